The van der Waals surface area contributed by atoms with E-state index in [4.69, 9.17) is 9.47 Å². The van der Waals surface area contributed by atoms with Gasteiger partial charge in [-0.05, 0) is 31.2 Å². The largest absolute Gasteiger partial charge is 0.493 e. The molecule has 0 spiro atoms. The van der Waals surface area contributed by atoms with Crippen molar-refractivity contribution >= 4 is 5.95 Å². The van der Waals surface area contributed by atoms with Crippen molar-refractivity contribution in [1.82, 2.24) is 25.1 Å². The number of benzene rings is 1. The standard InChI is InChI=1S/C23H30N6O2/c1-28(2)23-24-13-17(14-25-23)15-29-10-8-18(16-29)20-12-19(26-27-20)9-11-31-22-7-5-4-6-21(22)30-3/h4-7,12-14,18H,8-11,15-16H2,1-3H3,(H,26,27). The number of nitrogens with one attached hydrogen (secondary N) is 1. The first-order chi connectivity index (χ1) is 15.1. The first-order valence-corrected chi connectivity index (χ1v) is 10.6. The van der Waals surface area contributed by atoms with E-state index in [0.29, 0.717) is 12.5 Å². The fourth-order valence-electron chi connectivity index (χ4n) is 3.86. The molecule has 8 heteroatoms. The second kappa shape index (κ2) is 9.78. The van der Waals surface area contributed by atoms with Gasteiger partial charge in [0.25, 0.3) is 0 Å². The number of hydrogen-bond donors (Lipinski definition) is 1. The summed E-state index contributed by atoms with van der Waals surface area (Å²) in [5.74, 6) is 2.70. The Bertz CT molecular complexity index is 972. The van der Waals surface area contributed by atoms with E-state index in [-0.39, 0.29) is 0 Å². The first kappa shape index (κ1) is 21.1. The zero-order chi connectivity index (χ0) is 21.6. The van der Waals surface area contributed by atoms with Crippen LogP contribution in [-0.4, -0.2) is 66.0 Å². The van der Waals surface area contributed by atoms with Crippen LogP contribution in [0, 0.1) is 0 Å². The first-order valence-electron chi connectivity index (χ1n) is 10.6. The number of rotatable bonds is 9. The van der Waals surface area contributed by atoms with Crippen LogP contribution in [0.2, 0.25) is 0 Å². The summed E-state index contributed by atoms with van der Waals surface area (Å²) in [4.78, 5) is 13.2. The minimum Gasteiger partial charge on any atom is -0.493 e. The van der Waals surface area contributed by atoms with E-state index in [0.717, 1.165) is 66.9 Å². The average molecular weight is 423 g/mol. The van der Waals surface area contributed by atoms with Gasteiger partial charge < -0.3 is 14.4 Å². The molecule has 1 N–H and O–H groups in total. The Kier molecular flexibility index (Phi) is 6.66. The van der Waals surface area contributed by atoms with Gasteiger partial charge in [-0.15, -0.1) is 0 Å². The lowest BCUT2D eigenvalue weighted by Crippen LogP contribution is -2.20. The van der Waals surface area contributed by atoms with Crippen LogP contribution in [0.15, 0.2) is 42.7 Å². The molecule has 4 rings (SSSR count). The molecule has 1 unspecified atom stereocenters. The molecule has 1 fully saturated rings. The molecule has 8 nitrogen and oxygen atoms in total. The number of anilines is 1. The van der Waals surface area contributed by atoms with Crippen LogP contribution in [0.3, 0.4) is 0 Å². The molecule has 0 saturated carbocycles. The highest BCUT2D eigenvalue weighted by Gasteiger charge is 2.26. The zero-order valence-electron chi connectivity index (χ0n) is 18.4. The van der Waals surface area contributed by atoms with Crippen molar-refractivity contribution in [2.24, 2.45) is 0 Å². The van der Waals surface area contributed by atoms with Crippen LogP contribution < -0.4 is 14.4 Å². The number of nitrogens with zero attached hydrogens (tertiary/aromatic N) is 5. The van der Waals surface area contributed by atoms with E-state index in [1.165, 1.54) is 0 Å². The summed E-state index contributed by atoms with van der Waals surface area (Å²) in [6.07, 6.45) is 5.73. The smallest absolute Gasteiger partial charge is 0.224 e. The van der Waals surface area contributed by atoms with E-state index < -0.39 is 0 Å². The molecule has 3 heterocycles. The van der Waals surface area contributed by atoms with Gasteiger partial charge in [0, 0.05) is 63.2 Å². The number of likely N-dealkylation sites (tertiary alicyclic amines) is 1. The van der Waals surface area contributed by atoms with Crippen LogP contribution in [0.1, 0.15) is 29.3 Å². The van der Waals surface area contributed by atoms with Crippen molar-refractivity contribution in [1.29, 1.82) is 0 Å². The highest BCUT2D eigenvalue weighted by atomic mass is 16.5. The van der Waals surface area contributed by atoms with Crippen molar-refractivity contribution in [3.8, 4) is 11.5 Å². The Balaban J connectivity index is 1.26. The van der Waals surface area contributed by atoms with Gasteiger partial charge >= 0.3 is 0 Å². The van der Waals surface area contributed by atoms with Crippen molar-refractivity contribution in [2.75, 3.05) is 45.8 Å². The molecule has 0 radical (unpaired) electrons. The lowest BCUT2D eigenvalue weighted by atomic mass is 10.0. The second-order valence-electron chi connectivity index (χ2n) is 8.07. The average Bonchev–Trinajstić information content (AvgIpc) is 3.44. The Morgan fingerprint density at radius 1 is 1.16 bits per heavy atom. The summed E-state index contributed by atoms with van der Waals surface area (Å²) >= 11 is 0. The number of para-hydroxylation sites is 2. The number of ether oxygens (including phenoxy) is 2. The third kappa shape index (κ3) is 5.32. The molecule has 2 aromatic heterocycles. The maximum Gasteiger partial charge on any atom is 0.224 e. The molecule has 1 saturated heterocycles. The topological polar surface area (TPSA) is 79.4 Å². The fourth-order valence-corrected chi connectivity index (χ4v) is 3.86. The second-order valence-corrected chi connectivity index (χ2v) is 8.07. The molecule has 1 aliphatic heterocycles. The summed E-state index contributed by atoms with van der Waals surface area (Å²) < 4.78 is 11.2. The maximum absolute atomic E-state index is 5.88. The molecular formula is C23H30N6O2. The minimum atomic E-state index is 0.446. The maximum atomic E-state index is 5.88. The van der Waals surface area contributed by atoms with Crippen molar-refractivity contribution in [3.05, 3.63) is 59.7 Å². The van der Waals surface area contributed by atoms with Gasteiger partial charge in [0.15, 0.2) is 11.5 Å². The Morgan fingerprint density at radius 3 is 2.68 bits per heavy atom. The predicted molar refractivity (Wildman–Crippen MR) is 120 cm³/mol. The summed E-state index contributed by atoms with van der Waals surface area (Å²) in [6, 6.07) is 9.88. The van der Waals surface area contributed by atoms with Gasteiger partial charge in [0.1, 0.15) is 0 Å². The quantitative estimate of drug-likeness (QED) is 0.568. The molecule has 164 valence electrons. The molecule has 1 aliphatic rings. The third-order valence-corrected chi connectivity index (χ3v) is 5.54. The summed E-state index contributed by atoms with van der Waals surface area (Å²) in [7, 11) is 5.55. The summed E-state index contributed by atoms with van der Waals surface area (Å²) in [5.41, 5.74) is 3.37. The van der Waals surface area contributed by atoms with Gasteiger partial charge in [-0.1, -0.05) is 12.1 Å². The van der Waals surface area contributed by atoms with Crippen LogP contribution in [-0.2, 0) is 13.0 Å². The number of aromatic nitrogens is 4. The number of aromatic amines is 1. The molecule has 1 atom stereocenters. The summed E-state index contributed by atoms with van der Waals surface area (Å²) in [6.45, 7) is 3.49. The Labute approximate surface area is 183 Å². The normalized spacial score (nSPS) is 16.4. The Hall–Kier alpha value is -3.13. The van der Waals surface area contributed by atoms with E-state index in [2.05, 4.69) is 31.1 Å². The molecule has 1 aromatic carbocycles. The van der Waals surface area contributed by atoms with Crippen LogP contribution in [0.4, 0.5) is 5.95 Å². The van der Waals surface area contributed by atoms with E-state index >= 15 is 0 Å². The molecular weight excluding hydrogens is 392 g/mol. The molecule has 3 aromatic rings. The van der Waals surface area contributed by atoms with E-state index in [1.807, 2.05) is 55.7 Å². The van der Waals surface area contributed by atoms with Crippen LogP contribution in [0.5, 0.6) is 11.5 Å². The molecule has 31 heavy (non-hydrogen) atoms. The highest BCUT2D eigenvalue weighted by Crippen LogP contribution is 2.28. The SMILES string of the molecule is COc1ccccc1OCCc1cc(C2CCN(Cc3cnc(N(C)C)nc3)C2)n[nH]1. The fraction of sp³-hybridized carbons (Fsp3) is 0.435. The minimum absolute atomic E-state index is 0.446. The lowest BCUT2D eigenvalue weighted by molar-refractivity contribution is 0.296. The lowest BCUT2D eigenvalue weighted by Gasteiger charge is -2.16. The predicted octanol–water partition coefficient (Wildman–Crippen LogP) is 2.89. The van der Waals surface area contributed by atoms with Gasteiger partial charge in [0.05, 0.1) is 19.4 Å². The molecule has 0 aliphatic carbocycles. The van der Waals surface area contributed by atoms with Gasteiger partial charge in [-0.25, -0.2) is 9.97 Å². The third-order valence-electron chi connectivity index (χ3n) is 5.54. The van der Waals surface area contributed by atoms with Gasteiger partial charge in [-0.3, -0.25) is 10.00 Å². The van der Waals surface area contributed by atoms with Crippen LogP contribution in [0.25, 0.3) is 0 Å². The monoisotopic (exact) mass is 422 g/mol. The number of hydrogen-bond acceptors (Lipinski definition) is 7. The number of methoxy groups -OCH3 is 1. The van der Waals surface area contributed by atoms with Crippen molar-refractivity contribution < 1.29 is 9.47 Å². The van der Waals surface area contributed by atoms with E-state index in [9.17, 15) is 0 Å². The van der Waals surface area contributed by atoms with Gasteiger partial charge in [-0.2, -0.15) is 5.10 Å². The number of H-pyrrole nitrogens is 1. The molecule has 0 bridgehead atoms. The van der Waals surface area contributed by atoms with E-state index in [1.54, 1.807) is 7.11 Å². The Morgan fingerprint density at radius 2 is 1.94 bits per heavy atom. The highest BCUT2D eigenvalue weighted by molar-refractivity contribution is 5.39. The zero-order valence-corrected chi connectivity index (χ0v) is 18.4. The molecule has 0 amide bonds. The summed E-state index contributed by atoms with van der Waals surface area (Å²) in [5, 5.41) is 7.74. The van der Waals surface area contributed by atoms with Crippen LogP contribution >= 0.6 is 0 Å². The van der Waals surface area contributed by atoms with Gasteiger partial charge in [0.2, 0.25) is 5.95 Å². The van der Waals surface area contributed by atoms with Crippen molar-refractivity contribution in [2.45, 2.75) is 25.3 Å². The van der Waals surface area contributed by atoms with Crippen molar-refractivity contribution in [3.63, 3.8) is 0 Å².